The van der Waals surface area contributed by atoms with E-state index in [1.165, 1.54) is 13.0 Å². The van der Waals surface area contributed by atoms with Gasteiger partial charge in [-0.3, -0.25) is 4.79 Å². The Hall–Kier alpha value is -1.29. The van der Waals surface area contributed by atoms with Crippen molar-refractivity contribution in [3.8, 4) is 0 Å². The third kappa shape index (κ3) is 4.05. The van der Waals surface area contributed by atoms with E-state index in [1.54, 1.807) is 0 Å². The van der Waals surface area contributed by atoms with Crippen LogP contribution in [0, 0.1) is 40.4 Å². The molecule has 0 aromatic rings. The van der Waals surface area contributed by atoms with Crippen LogP contribution in [0.4, 0.5) is 0 Å². The number of carbonyl (C=O) groups excluding carboxylic acids is 1. The summed E-state index contributed by atoms with van der Waals surface area (Å²) in [4.78, 5) is 12.4. The fraction of sp³-hybridized carbons (Fsp3) is 0.833. The topological polar surface area (TPSA) is 148 Å². The molecule has 0 amide bonds. The molecule has 4 aliphatic carbocycles. The standard InChI is InChI=1S/C30H48O8/c1-16(2)17(3)7-8-18(4)20-9-10-21-22-11-25(35)29(36)13-24(34)23(33)12-28(29,15-31)30(22,37)26(38-19(5)32)14-27(20,21)6/h7-8,11,16-18,20-21,23-26,31,33-37H,9-10,12-15H2,1-6H3/b8-7+/t17-,18-,20-,21?,23-,24-,25-,26-,27-,28-,29+,30+/m1/s1. The van der Waals surface area contributed by atoms with Gasteiger partial charge < -0.3 is 35.4 Å². The molecule has 0 aromatic carbocycles. The molecule has 0 spiro atoms. The molecule has 8 heteroatoms. The predicted molar refractivity (Wildman–Crippen MR) is 142 cm³/mol. The average molecular weight is 537 g/mol. The zero-order valence-corrected chi connectivity index (χ0v) is 23.7. The summed E-state index contributed by atoms with van der Waals surface area (Å²) in [5.41, 5.74) is -5.94. The minimum atomic E-state index is -2.13. The van der Waals surface area contributed by atoms with Crippen molar-refractivity contribution in [3.05, 3.63) is 23.8 Å². The number of rotatable bonds is 6. The molecule has 0 aromatic heterocycles. The average Bonchev–Trinajstić information content (AvgIpc) is 3.17. The van der Waals surface area contributed by atoms with Gasteiger partial charge >= 0.3 is 5.97 Å². The number of aliphatic hydroxyl groups is 6. The van der Waals surface area contributed by atoms with Gasteiger partial charge in [0.25, 0.3) is 0 Å². The predicted octanol–water partition coefficient (Wildman–Crippen LogP) is 2.10. The fourth-order valence-electron chi connectivity index (χ4n) is 8.63. The number of hydrogen-bond acceptors (Lipinski definition) is 8. The minimum Gasteiger partial charge on any atom is -0.459 e. The number of hydrogen-bond donors (Lipinski definition) is 6. The van der Waals surface area contributed by atoms with Crippen LogP contribution < -0.4 is 0 Å². The van der Waals surface area contributed by atoms with Gasteiger partial charge in [0.15, 0.2) is 0 Å². The smallest absolute Gasteiger partial charge is 0.303 e. The third-order valence-corrected chi connectivity index (χ3v) is 11.2. The van der Waals surface area contributed by atoms with E-state index in [1.807, 2.05) is 0 Å². The highest BCUT2D eigenvalue weighted by Gasteiger charge is 2.77. The first kappa shape index (κ1) is 29.7. The lowest BCUT2D eigenvalue weighted by molar-refractivity contribution is -0.312. The Bertz CT molecular complexity index is 977. The Morgan fingerprint density at radius 2 is 1.68 bits per heavy atom. The van der Waals surface area contributed by atoms with Crippen LogP contribution >= 0.6 is 0 Å². The maximum absolute atomic E-state index is 12.7. The molecule has 38 heavy (non-hydrogen) atoms. The molecule has 216 valence electrons. The number of carbonyl (C=O) groups is 1. The second kappa shape index (κ2) is 9.96. The molecule has 12 atom stereocenters. The molecule has 3 saturated carbocycles. The monoisotopic (exact) mass is 536 g/mol. The number of allylic oxidation sites excluding steroid dienone is 2. The first-order chi connectivity index (χ1) is 17.6. The van der Waals surface area contributed by atoms with E-state index in [-0.39, 0.29) is 29.6 Å². The quantitative estimate of drug-likeness (QED) is 0.223. The molecule has 8 nitrogen and oxygen atoms in total. The van der Waals surface area contributed by atoms with Gasteiger partial charge in [0.1, 0.15) is 23.4 Å². The van der Waals surface area contributed by atoms with E-state index in [2.05, 4.69) is 46.8 Å². The van der Waals surface area contributed by atoms with Gasteiger partial charge in [-0.1, -0.05) is 52.8 Å². The number of fused-ring (bicyclic) bond motifs is 5. The zero-order valence-electron chi connectivity index (χ0n) is 23.7. The van der Waals surface area contributed by atoms with Crippen molar-refractivity contribution in [2.75, 3.05) is 6.61 Å². The Balaban J connectivity index is 1.84. The van der Waals surface area contributed by atoms with Crippen LogP contribution in [0.15, 0.2) is 23.8 Å². The van der Waals surface area contributed by atoms with E-state index in [0.29, 0.717) is 23.8 Å². The summed E-state index contributed by atoms with van der Waals surface area (Å²) < 4.78 is 5.82. The van der Waals surface area contributed by atoms with Gasteiger partial charge in [0, 0.05) is 13.3 Å². The van der Waals surface area contributed by atoms with E-state index < -0.39 is 60.0 Å². The lowest BCUT2D eigenvalue weighted by Gasteiger charge is -2.67. The normalized spacial score (nSPS) is 48.2. The summed E-state index contributed by atoms with van der Waals surface area (Å²) in [5, 5.41) is 67.7. The Morgan fingerprint density at radius 1 is 1.05 bits per heavy atom. The van der Waals surface area contributed by atoms with Crippen LogP contribution in [-0.2, 0) is 9.53 Å². The summed E-state index contributed by atoms with van der Waals surface area (Å²) in [6.07, 6.45) is 1.82. The van der Waals surface area contributed by atoms with E-state index in [0.717, 1.165) is 12.8 Å². The first-order valence-electron chi connectivity index (χ1n) is 14.3. The molecule has 0 radical (unpaired) electrons. The molecular formula is C30H48O8. The summed E-state index contributed by atoms with van der Waals surface area (Å²) in [7, 11) is 0. The molecule has 1 unspecified atom stereocenters. The van der Waals surface area contributed by atoms with E-state index >= 15 is 0 Å². The number of esters is 1. The summed E-state index contributed by atoms with van der Waals surface area (Å²) in [6.45, 7) is 11.4. The molecule has 4 rings (SSSR count). The van der Waals surface area contributed by atoms with Crippen molar-refractivity contribution < 1.29 is 40.2 Å². The molecule has 6 N–H and O–H groups in total. The lowest BCUT2D eigenvalue weighted by atomic mass is 9.42. The van der Waals surface area contributed by atoms with Crippen molar-refractivity contribution in [2.45, 2.75) is 109 Å². The molecule has 0 heterocycles. The van der Waals surface area contributed by atoms with Gasteiger partial charge in [0.05, 0.1) is 24.2 Å². The van der Waals surface area contributed by atoms with Gasteiger partial charge in [-0.05, 0) is 66.3 Å². The van der Waals surface area contributed by atoms with Gasteiger partial charge in [-0.15, -0.1) is 0 Å². The molecule has 0 bridgehead atoms. The van der Waals surface area contributed by atoms with Crippen molar-refractivity contribution in [1.29, 1.82) is 0 Å². The SMILES string of the molecule is CC(=O)O[C@@H]1C[C@@]2(C)C(CC[C@@H]2[C@H](C)/C=C/[C@@H](C)C(C)C)C2=C[C@@H](O)[C@@]3(O)C[C@@H](O)[C@H](O)C[C@]3(CO)[C@]21O. The van der Waals surface area contributed by atoms with Crippen LogP contribution in [-0.4, -0.2) is 78.8 Å². The van der Waals surface area contributed by atoms with Crippen LogP contribution in [0.2, 0.25) is 0 Å². The summed E-state index contributed by atoms with van der Waals surface area (Å²) >= 11 is 0. The number of aliphatic hydroxyl groups excluding tert-OH is 4. The van der Waals surface area contributed by atoms with Gasteiger partial charge in [-0.2, -0.15) is 0 Å². The van der Waals surface area contributed by atoms with Crippen LogP contribution in [0.5, 0.6) is 0 Å². The molecular weight excluding hydrogens is 488 g/mol. The Labute approximate surface area is 226 Å². The number of ether oxygens (including phenoxy) is 1. The van der Waals surface area contributed by atoms with Crippen molar-refractivity contribution in [1.82, 2.24) is 0 Å². The Morgan fingerprint density at radius 3 is 2.26 bits per heavy atom. The van der Waals surface area contributed by atoms with Crippen molar-refractivity contribution in [3.63, 3.8) is 0 Å². The highest BCUT2D eigenvalue weighted by Crippen LogP contribution is 2.69. The minimum absolute atomic E-state index is 0.186. The van der Waals surface area contributed by atoms with Crippen molar-refractivity contribution in [2.24, 2.45) is 40.4 Å². The van der Waals surface area contributed by atoms with Crippen LogP contribution in [0.1, 0.15) is 73.6 Å². The largest absolute Gasteiger partial charge is 0.459 e. The second-order valence-corrected chi connectivity index (χ2v) is 13.4. The van der Waals surface area contributed by atoms with Gasteiger partial charge in [-0.25, -0.2) is 0 Å². The maximum atomic E-state index is 12.7. The third-order valence-electron chi connectivity index (χ3n) is 11.2. The fourth-order valence-corrected chi connectivity index (χ4v) is 8.63. The second-order valence-electron chi connectivity index (χ2n) is 13.4. The summed E-state index contributed by atoms with van der Waals surface area (Å²) in [6, 6.07) is 0. The molecule has 3 fully saturated rings. The highest BCUT2D eigenvalue weighted by atomic mass is 16.6. The van der Waals surface area contributed by atoms with E-state index in [9.17, 15) is 35.4 Å². The first-order valence-corrected chi connectivity index (χ1v) is 14.3. The molecule has 0 aliphatic heterocycles. The Kier molecular flexibility index (Phi) is 7.78. The zero-order chi connectivity index (χ0) is 28.4. The van der Waals surface area contributed by atoms with E-state index in [4.69, 9.17) is 4.74 Å². The molecule has 4 aliphatic rings. The van der Waals surface area contributed by atoms with Gasteiger partial charge in [0.2, 0.25) is 0 Å². The highest BCUT2D eigenvalue weighted by molar-refractivity contribution is 5.66. The van der Waals surface area contributed by atoms with Crippen molar-refractivity contribution >= 4 is 5.97 Å². The van der Waals surface area contributed by atoms with Crippen LogP contribution in [0.25, 0.3) is 0 Å². The maximum Gasteiger partial charge on any atom is 0.303 e. The summed E-state index contributed by atoms with van der Waals surface area (Å²) in [5.74, 6) is 0.605. The van der Waals surface area contributed by atoms with Crippen LogP contribution in [0.3, 0.4) is 0 Å². The molecule has 0 saturated heterocycles. The lowest BCUT2D eigenvalue weighted by Crippen LogP contribution is -2.80.